The maximum absolute atomic E-state index is 5.20. The Hall–Kier alpha value is -0.557. The van der Waals surface area contributed by atoms with Gasteiger partial charge in [0.15, 0.2) is 0 Å². The first-order valence-electron chi connectivity index (χ1n) is 3.43. The summed E-state index contributed by atoms with van der Waals surface area (Å²) in [7, 11) is 4.04. The van der Waals surface area contributed by atoms with Crippen LogP contribution < -0.4 is 8.46 Å². The molecule has 55 valence electrons. The number of rotatable bonds is 2. The summed E-state index contributed by atoms with van der Waals surface area (Å²) in [6, 6.07) is 8.06. The fraction of sp³-hybridized carbons (Fsp3) is 0.250. The Balaban J connectivity index is 2.91. The molecule has 1 aromatic rings. The van der Waals surface area contributed by atoms with Gasteiger partial charge in [-0.25, -0.2) is 0 Å². The summed E-state index contributed by atoms with van der Waals surface area (Å²) in [5.74, 6) is 0.955. The zero-order chi connectivity index (χ0) is 8.27. The van der Waals surface area contributed by atoms with Crippen molar-refractivity contribution in [3.63, 3.8) is 0 Å². The molecular formula is C8H10NOZn. The Kier molecular flexibility index (Phi) is 2.89. The third-order valence-corrected chi connectivity index (χ3v) is 2.20. The standard InChI is InChI=1S/C8H11NO.Zn/c1-9(2)7-4-3-5-8(10)6-7;/h3-6,10H,1-2H3;/q;+1/p-1. The van der Waals surface area contributed by atoms with Gasteiger partial charge in [0, 0.05) is 0 Å². The molecular weight excluding hydrogens is 191 g/mol. The van der Waals surface area contributed by atoms with Gasteiger partial charge in [-0.2, -0.15) is 0 Å². The van der Waals surface area contributed by atoms with Crippen LogP contribution in [0.2, 0.25) is 0 Å². The van der Waals surface area contributed by atoms with Crippen molar-refractivity contribution in [3.8, 4) is 5.75 Å². The van der Waals surface area contributed by atoms with Crippen LogP contribution in [0.1, 0.15) is 0 Å². The molecule has 0 amide bonds. The van der Waals surface area contributed by atoms with Crippen LogP contribution in [-0.4, -0.2) is 14.1 Å². The van der Waals surface area contributed by atoms with Gasteiger partial charge in [0.25, 0.3) is 0 Å². The van der Waals surface area contributed by atoms with Gasteiger partial charge in [0.05, 0.1) is 0 Å². The van der Waals surface area contributed by atoms with Crippen LogP contribution in [0.25, 0.3) is 0 Å². The minimum atomic E-state index is 0.844. The first-order valence-corrected chi connectivity index (χ1v) is 4.64. The Bertz CT molecular complexity index is 237. The van der Waals surface area contributed by atoms with E-state index in [9.17, 15) is 0 Å². The van der Waals surface area contributed by atoms with Crippen molar-refractivity contribution in [2.24, 2.45) is 0 Å². The van der Waals surface area contributed by atoms with Gasteiger partial charge >= 0.3 is 76.9 Å². The molecule has 0 radical (unpaired) electrons. The van der Waals surface area contributed by atoms with E-state index >= 15 is 0 Å². The first-order chi connectivity index (χ1) is 5.24. The molecule has 2 nitrogen and oxygen atoms in total. The van der Waals surface area contributed by atoms with Crippen LogP contribution in [0.4, 0.5) is 5.69 Å². The Morgan fingerprint density at radius 3 is 2.64 bits per heavy atom. The van der Waals surface area contributed by atoms with Crippen LogP contribution in [0.5, 0.6) is 5.75 Å². The number of nitrogens with zero attached hydrogens (tertiary/aromatic N) is 1. The summed E-state index contributed by atoms with van der Waals surface area (Å²) >= 11 is 0.844. The van der Waals surface area contributed by atoms with Crippen LogP contribution >= 0.6 is 0 Å². The average molecular weight is 202 g/mol. The van der Waals surface area contributed by atoms with E-state index in [1.165, 1.54) is 5.69 Å². The van der Waals surface area contributed by atoms with E-state index in [1.807, 2.05) is 32.3 Å². The molecule has 0 saturated carbocycles. The number of hydrogen-bond donors (Lipinski definition) is 0. The molecule has 0 heterocycles. The number of benzene rings is 1. The van der Waals surface area contributed by atoms with Gasteiger partial charge in [-0.05, 0) is 0 Å². The summed E-state index contributed by atoms with van der Waals surface area (Å²) in [5.41, 5.74) is 1.18. The number of anilines is 1. The molecule has 0 saturated heterocycles. The van der Waals surface area contributed by atoms with Gasteiger partial charge < -0.3 is 0 Å². The average Bonchev–Trinajstić information content (AvgIpc) is 2.05. The summed E-state index contributed by atoms with van der Waals surface area (Å²) in [4.78, 5) is 2.06. The molecule has 0 aliphatic heterocycles. The molecule has 1 aromatic carbocycles. The van der Waals surface area contributed by atoms with Crippen molar-refractivity contribution < 1.29 is 22.2 Å². The van der Waals surface area contributed by atoms with E-state index in [1.54, 1.807) is 0 Å². The minimum absolute atomic E-state index is 0.844. The molecule has 0 spiro atoms. The predicted molar refractivity (Wildman–Crippen MR) is 41.4 cm³/mol. The zero-order valence-electron chi connectivity index (χ0n) is 6.87. The van der Waals surface area contributed by atoms with E-state index < -0.39 is 0 Å². The Morgan fingerprint density at radius 1 is 1.36 bits per heavy atom. The molecule has 0 unspecified atom stereocenters. The SMILES string of the molecule is CN(C)c1cccc([O][Zn])c1. The van der Waals surface area contributed by atoms with Gasteiger partial charge in [0.2, 0.25) is 0 Å². The van der Waals surface area contributed by atoms with E-state index in [0.29, 0.717) is 0 Å². The second kappa shape index (κ2) is 3.73. The van der Waals surface area contributed by atoms with Crippen molar-refractivity contribution in [2.75, 3.05) is 19.0 Å². The summed E-state index contributed by atoms with van der Waals surface area (Å²) in [6.45, 7) is 0. The summed E-state index contributed by atoms with van der Waals surface area (Å²) in [5, 5.41) is 0. The molecule has 0 bridgehead atoms. The van der Waals surface area contributed by atoms with Gasteiger partial charge in [0.1, 0.15) is 0 Å². The first kappa shape index (κ1) is 8.54. The van der Waals surface area contributed by atoms with Crippen LogP contribution in [0, 0.1) is 0 Å². The van der Waals surface area contributed by atoms with Crippen molar-refractivity contribution in [1.29, 1.82) is 0 Å². The van der Waals surface area contributed by atoms with Crippen LogP contribution in [0.15, 0.2) is 24.3 Å². The molecule has 0 aliphatic rings. The van der Waals surface area contributed by atoms with Crippen molar-refractivity contribution in [2.45, 2.75) is 0 Å². The Morgan fingerprint density at radius 2 is 2.09 bits per heavy atom. The van der Waals surface area contributed by atoms with E-state index in [4.69, 9.17) is 3.56 Å². The fourth-order valence-electron chi connectivity index (χ4n) is 0.851. The molecule has 11 heavy (non-hydrogen) atoms. The fourth-order valence-corrected chi connectivity index (χ4v) is 1.23. The molecule has 0 atom stereocenters. The molecule has 3 heteroatoms. The van der Waals surface area contributed by atoms with Crippen LogP contribution in [-0.2, 0) is 18.7 Å². The Labute approximate surface area is 77.2 Å². The van der Waals surface area contributed by atoms with Crippen molar-refractivity contribution >= 4 is 5.69 Å². The van der Waals surface area contributed by atoms with Gasteiger partial charge in [-0.1, -0.05) is 0 Å². The molecule has 0 N–H and O–H groups in total. The van der Waals surface area contributed by atoms with Gasteiger partial charge in [-0.3, -0.25) is 0 Å². The summed E-state index contributed by atoms with van der Waals surface area (Å²) < 4.78 is 5.20. The third-order valence-electron chi connectivity index (χ3n) is 1.50. The monoisotopic (exact) mass is 200 g/mol. The molecule has 0 aliphatic carbocycles. The van der Waals surface area contributed by atoms with Crippen LogP contribution in [0.3, 0.4) is 0 Å². The number of hydrogen-bond acceptors (Lipinski definition) is 2. The maximum atomic E-state index is 5.20. The predicted octanol–water partition coefficient (Wildman–Crippen LogP) is 1.59. The topological polar surface area (TPSA) is 12.5 Å². The zero-order valence-corrected chi connectivity index (χ0v) is 9.84. The van der Waals surface area contributed by atoms with E-state index in [-0.39, 0.29) is 0 Å². The van der Waals surface area contributed by atoms with E-state index in [2.05, 4.69) is 11.0 Å². The quantitative estimate of drug-likeness (QED) is 0.674. The molecule has 0 fully saturated rings. The van der Waals surface area contributed by atoms with Crippen molar-refractivity contribution in [3.05, 3.63) is 24.3 Å². The van der Waals surface area contributed by atoms with Crippen molar-refractivity contribution in [1.82, 2.24) is 0 Å². The van der Waals surface area contributed by atoms with Gasteiger partial charge in [-0.15, -0.1) is 0 Å². The molecule has 1 rings (SSSR count). The third kappa shape index (κ3) is 2.19. The normalized spacial score (nSPS) is 9.45. The second-order valence-electron chi connectivity index (χ2n) is 2.54. The van der Waals surface area contributed by atoms with E-state index in [0.717, 1.165) is 24.4 Å². The second-order valence-corrected chi connectivity index (χ2v) is 3.14. The molecule has 0 aromatic heterocycles. The summed E-state index contributed by atoms with van der Waals surface area (Å²) in [6.07, 6.45) is 0.